The topological polar surface area (TPSA) is 12.0 Å². The van der Waals surface area contributed by atoms with E-state index >= 15 is 0 Å². The number of anilines is 1. The Balaban J connectivity index is 2.63. The Morgan fingerprint density at radius 1 is 1.38 bits per heavy atom. The highest BCUT2D eigenvalue weighted by atomic mass is 79.9. The zero-order valence-corrected chi connectivity index (χ0v) is 10.6. The highest BCUT2D eigenvalue weighted by Gasteiger charge is 2.29. The largest absolute Gasteiger partial charge is 0.391 e. The minimum Gasteiger partial charge on any atom is -0.382 e. The van der Waals surface area contributed by atoms with Gasteiger partial charge in [-0.05, 0) is 37.6 Å². The number of benzene rings is 1. The Morgan fingerprint density at radius 2 is 2.00 bits per heavy atom. The van der Waals surface area contributed by atoms with Gasteiger partial charge in [-0.1, -0.05) is 15.9 Å². The van der Waals surface area contributed by atoms with Gasteiger partial charge in [-0.2, -0.15) is 13.2 Å². The minimum absolute atomic E-state index is 0.624. The lowest BCUT2D eigenvalue weighted by atomic mass is 10.2. The summed E-state index contributed by atoms with van der Waals surface area (Å²) in [7, 11) is 0. The predicted molar refractivity (Wildman–Crippen MR) is 62.6 cm³/mol. The first-order chi connectivity index (χ1) is 7.28. The second kappa shape index (κ2) is 5.08. The molecule has 90 valence electrons. The van der Waals surface area contributed by atoms with E-state index in [1.807, 2.05) is 19.1 Å². The molecule has 1 N–H and O–H groups in total. The summed E-state index contributed by atoms with van der Waals surface area (Å²) in [4.78, 5) is 0. The molecule has 0 aliphatic rings. The van der Waals surface area contributed by atoms with Crippen LogP contribution in [-0.4, -0.2) is 12.2 Å². The van der Waals surface area contributed by atoms with E-state index in [2.05, 4.69) is 21.2 Å². The Labute approximate surface area is 101 Å². The van der Waals surface area contributed by atoms with Gasteiger partial charge in [0.15, 0.2) is 0 Å². The summed E-state index contributed by atoms with van der Waals surface area (Å²) >= 11 is 3.34. The van der Waals surface area contributed by atoms with Crippen molar-refractivity contribution in [2.45, 2.75) is 32.5 Å². The van der Waals surface area contributed by atoms with Gasteiger partial charge in [0.1, 0.15) is 0 Å². The smallest absolute Gasteiger partial charge is 0.382 e. The molecule has 16 heavy (non-hydrogen) atoms. The summed E-state index contributed by atoms with van der Waals surface area (Å²) in [5.41, 5.74) is 1.70. The van der Waals surface area contributed by atoms with Crippen LogP contribution in [0, 0.1) is 6.92 Å². The van der Waals surface area contributed by atoms with Crippen molar-refractivity contribution in [2.24, 2.45) is 0 Å². The van der Waals surface area contributed by atoms with Gasteiger partial charge < -0.3 is 5.32 Å². The van der Waals surface area contributed by atoms with Crippen molar-refractivity contribution in [3.05, 3.63) is 28.2 Å². The molecule has 0 saturated heterocycles. The van der Waals surface area contributed by atoms with Gasteiger partial charge in [0, 0.05) is 16.2 Å². The maximum Gasteiger partial charge on any atom is 0.391 e. The molecule has 1 atom stereocenters. The summed E-state index contributed by atoms with van der Waals surface area (Å²) in [6.45, 7) is 3.41. The number of hydrogen-bond acceptors (Lipinski definition) is 1. The zero-order chi connectivity index (χ0) is 12.3. The van der Waals surface area contributed by atoms with Crippen LogP contribution in [0.4, 0.5) is 18.9 Å². The highest BCUT2D eigenvalue weighted by Crippen LogP contribution is 2.25. The Hall–Kier alpha value is -0.710. The number of rotatable bonds is 3. The monoisotopic (exact) mass is 295 g/mol. The van der Waals surface area contributed by atoms with Crippen molar-refractivity contribution in [1.82, 2.24) is 0 Å². The van der Waals surface area contributed by atoms with E-state index in [4.69, 9.17) is 0 Å². The summed E-state index contributed by atoms with van der Waals surface area (Å²) in [6.07, 6.45) is -4.96. The van der Waals surface area contributed by atoms with Gasteiger partial charge in [-0.3, -0.25) is 0 Å². The van der Waals surface area contributed by atoms with Crippen molar-refractivity contribution < 1.29 is 13.2 Å². The Bertz CT molecular complexity index is 363. The van der Waals surface area contributed by atoms with E-state index < -0.39 is 18.6 Å². The lowest BCUT2D eigenvalue weighted by molar-refractivity contribution is -0.136. The van der Waals surface area contributed by atoms with Gasteiger partial charge in [0.2, 0.25) is 0 Å². The van der Waals surface area contributed by atoms with Gasteiger partial charge >= 0.3 is 6.18 Å². The molecule has 1 aromatic rings. The molecule has 0 heterocycles. The molecule has 1 rings (SSSR count). The molecular weight excluding hydrogens is 283 g/mol. The first-order valence-corrected chi connectivity index (χ1v) is 5.66. The second-order valence-electron chi connectivity index (χ2n) is 3.83. The molecule has 0 amide bonds. The molecule has 0 aliphatic carbocycles. The van der Waals surface area contributed by atoms with Crippen molar-refractivity contribution in [1.29, 1.82) is 0 Å². The Kier molecular flexibility index (Phi) is 4.24. The lowest BCUT2D eigenvalue weighted by Crippen LogP contribution is -2.23. The SMILES string of the molecule is Cc1cc(NC(C)CC(F)(F)F)ccc1Br. The molecule has 5 heteroatoms. The fourth-order valence-electron chi connectivity index (χ4n) is 1.42. The summed E-state index contributed by atoms with van der Waals surface area (Å²) in [5.74, 6) is 0. The molecule has 1 unspecified atom stereocenters. The second-order valence-corrected chi connectivity index (χ2v) is 4.68. The van der Waals surface area contributed by atoms with Crippen LogP contribution in [0.1, 0.15) is 18.9 Å². The molecule has 0 radical (unpaired) electrons. The molecule has 0 fully saturated rings. The van der Waals surface area contributed by atoms with Crippen LogP contribution >= 0.6 is 15.9 Å². The van der Waals surface area contributed by atoms with E-state index in [-0.39, 0.29) is 0 Å². The summed E-state index contributed by atoms with van der Waals surface area (Å²) in [5, 5.41) is 2.83. The van der Waals surface area contributed by atoms with E-state index in [9.17, 15) is 13.2 Å². The number of aryl methyl sites for hydroxylation is 1. The molecule has 0 spiro atoms. The number of halogens is 4. The normalized spacial score (nSPS) is 13.6. The van der Waals surface area contributed by atoms with Crippen LogP contribution in [0.3, 0.4) is 0 Å². The standard InChI is InChI=1S/C11H13BrF3N/c1-7-5-9(3-4-10(7)12)16-8(2)6-11(13,14)15/h3-5,8,16H,6H2,1-2H3. The quantitative estimate of drug-likeness (QED) is 0.865. The summed E-state index contributed by atoms with van der Waals surface area (Å²) in [6, 6.07) is 4.76. The van der Waals surface area contributed by atoms with Crippen LogP contribution < -0.4 is 5.32 Å². The number of hydrogen-bond donors (Lipinski definition) is 1. The summed E-state index contributed by atoms with van der Waals surface area (Å²) < 4.78 is 37.3. The van der Waals surface area contributed by atoms with Crippen molar-refractivity contribution in [2.75, 3.05) is 5.32 Å². The Morgan fingerprint density at radius 3 is 2.50 bits per heavy atom. The predicted octanol–water partition coefficient (Wildman–Crippen LogP) is 4.51. The average molecular weight is 296 g/mol. The molecule has 0 bridgehead atoms. The fraction of sp³-hybridized carbons (Fsp3) is 0.455. The molecule has 1 nitrogen and oxygen atoms in total. The maximum absolute atomic E-state index is 12.1. The van der Waals surface area contributed by atoms with Gasteiger partial charge in [-0.25, -0.2) is 0 Å². The molecule has 0 aromatic heterocycles. The lowest BCUT2D eigenvalue weighted by Gasteiger charge is -2.17. The van der Waals surface area contributed by atoms with Gasteiger partial charge in [-0.15, -0.1) is 0 Å². The number of alkyl halides is 3. The average Bonchev–Trinajstić information content (AvgIpc) is 2.08. The van der Waals surface area contributed by atoms with Crippen molar-refractivity contribution in [3.8, 4) is 0 Å². The first kappa shape index (κ1) is 13.4. The van der Waals surface area contributed by atoms with Gasteiger partial charge in [0.25, 0.3) is 0 Å². The van der Waals surface area contributed by atoms with Crippen LogP contribution in [0.2, 0.25) is 0 Å². The van der Waals surface area contributed by atoms with E-state index in [0.29, 0.717) is 5.69 Å². The highest BCUT2D eigenvalue weighted by molar-refractivity contribution is 9.10. The van der Waals surface area contributed by atoms with Crippen LogP contribution in [0.5, 0.6) is 0 Å². The van der Waals surface area contributed by atoms with E-state index in [1.54, 1.807) is 6.07 Å². The first-order valence-electron chi connectivity index (χ1n) is 4.87. The van der Waals surface area contributed by atoms with Crippen LogP contribution in [0.25, 0.3) is 0 Å². The third-order valence-electron chi connectivity index (χ3n) is 2.11. The van der Waals surface area contributed by atoms with Crippen molar-refractivity contribution in [3.63, 3.8) is 0 Å². The molecular formula is C11H13BrF3N. The number of nitrogens with one attached hydrogen (secondary N) is 1. The van der Waals surface area contributed by atoms with E-state index in [0.717, 1.165) is 10.0 Å². The van der Waals surface area contributed by atoms with E-state index in [1.165, 1.54) is 6.92 Å². The third-order valence-corrected chi connectivity index (χ3v) is 3.00. The zero-order valence-electron chi connectivity index (χ0n) is 9.03. The third kappa shape index (κ3) is 4.43. The fourth-order valence-corrected chi connectivity index (χ4v) is 1.66. The molecule has 0 saturated carbocycles. The maximum atomic E-state index is 12.1. The minimum atomic E-state index is -4.13. The molecule has 1 aromatic carbocycles. The van der Waals surface area contributed by atoms with Crippen molar-refractivity contribution >= 4 is 21.6 Å². The van der Waals surface area contributed by atoms with Crippen LogP contribution in [-0.2, 0) is 0 Å². The molecule has 0 aliphatic heterocycles. The van der Waals surface area contributed by atoms with Crippen LogP contribution in [0.15, 0.2) is 22.7 Å². The van der Waals surface area contributed by atoms with Gasteiger partial charge in [0.05, 0.1) is 6.42 Å².